The van der Waals surface area contributed by atoms with E-state index in [9.17, 15) is 8.42 Å². The molecule has 0 saturated heterocycles. The number of aryl methyl sites for hydroxylation is 1. The molecule has 0 aromatic heterocycles. The molecule has 18 heavy (non-hydrogen) atoms. The highest BCUT2D eigenvalue weighted by molar-refractivity contribution is 7.89. The first-order valence-electron chi connectivity index (χ1n) is 5.82. The molecule has 0 saturated carbocycles. The Bertz CT molecular complexity index is 550. The lowest BCUT2D eigenvalue weighted by Gasteiger charge is -2.21. The van der Waals surface area contributed by atoms with Crippen molar-refractivity contribution >= 4 is 15.7 Å². The maximum absolute atomic E-state index is 12.5. The van der Waals surface area contributed by atoms with Crippen LogP contribution in [0, 0.1) is 13.8 Å². The van der Waals surface area contributed by atoms with E-state index in [4.69, 9.17) is 5.73 Å². The molecule has 4 nitrogen and oxygen atoms in total. The Labute approximate surface area is 109 Å². The van der Waals surface area contributed by atoms with Gasteiger partial charge in [0, 0.05) is 18.8 Å². The molecule has 5 heteroatoms. The van der Waals surface area contributed by atoms with Crippen molar-refractivity contribution in [3.05, 3.63) is 35.9 Å². The van der Waals surface area contributed by atoms with Gasteiger partial charge in [-0.2, -0.15) is 4.31 Å². The van der Waals surface area contributed by atoms with Crippen LogP contribution in [0.1, 0.15) is 18.1 Å². The second-order valence-electron chi connectivity index (χ2n) is 4.21. The summed E-state index contributed by atoms with van der Waals surface area (Å²) in [6, 6.07) is 3.29. The molecule has 1 aromatic carbocycles. The Kier molecular flexibility index (Phi) is 4.53. The van der Waals surface area contributed by atoms with E-state index in [1.807, 2.05) is 6.92 Å². The molecule has 0 amide bonds. The molecule has 1 rings (SSSR count). The van der Waals surface area contributed by atoms with Gasteiger partial charge < -0.3 is 5.73 Å². The molecule has 0 spiro atoms. The second-order valence-corrected chi connectivity index (χ2v) is 6.11. The summed E-state index contributed by atoms with van der Waals surface area (Å²) >= 11 is 0. The molecule has 0 radical (unpaired) electrons. The number of nitrogen functional groups attached to an aromatic ring is 1. The van der Waals surface area contributed by atoms with Crippen molar-refractivity contribution in [3.63, 3.8) is 0 Å². The van der Waals surface area contributed by atoms with Crippen molar-refractivity contribution in [1.82, 2.24) is 4.31 Å². The van der Waals surface area contributed by atoms with Gasteiger partial charge in [-0.3, -0.25) is 0 Å². The van der Waals surface area contributed by atoms with Crippen LogP contribution in [0.15, 0.2) is 29.7 Å². The average molecular weight is 268 g/mol. The first-order valence-corrected chi connectivity index (χ1v) is 7.26. The number of nitrogens with zero attached hydrogens (tertiary/aromatic N) is 1. The topological polar surface area (TPSA) is 63.4 Å². The molecule has 0 bridgehead atoms. The first-order chi connectivity index (χ1) is 8.34. The van der Waals surface area contributed by atoms with Gasteiger partial charge in [-0.25, -0.2) is 8.42 Å². The molecule has 0 aliphatic rings. The van der Waals surface area contributed by atoms with Crippen molar-refractivity contribution < 1.29 is 8.42 Å². The lowest BCUT2D eigenvalue weighted by atomic mass is 10.1. The van der Waals surface area contributed by atoms with E-state index in [0.29, 0.717) is 18.8 Å². The summed E-state index contributed by atoms with van der Waals surface area (Å²) in [6.45, 7) is 9.74. The highest BCUT2D eigenvalue weighted by Gasteiger charge is 2.24. The second kappa shape index (κ2) is 5.54. The summed E-state index contributed by atoms with van der Waals surface area (Å²) in [4.78, 5) is 0.281. The van der Waals surface area contributed by atoms with Crippen LogP contribution in [0.4, 0.5) is 5.69 Å². The normalized spacial score (nSPS) is 11.8. The maximum atomic E-state index is 12.5. The van der Waals surface area contributed by atoms with Gasteiger partial charge in [0.1, 0.15) is 0 Å². The lowest BCUT2D eigenvalue weighted by Crippen LogP contribution is -2.31. The first kappa shape index (κ1) is 14.7. The average Bonchev–Trinajstić information content (AvgIpc) is 2.30. The zero-order chi connectivity index (χ0) is 13.9. The van der Waals surface area contributed by atoms with Crippen LogP contribution < -0.4 is 5.73 Å². The summed E-state index contributed by atoms with van der Waals surface area (Å²) in [6.07, 6.45) is 1.58. The minimum atomic E-state index is -3.51. The number of likely N-dealkylation sites (N-methyl/N-ethyl adjacent to an activating group) is 1. The minimum Gasteiger partial charge on any atom is -0.399 e. The molecule has 0 heterocycles. The minimum absolute atomic E-state index is 0.281. The van der Waals surface area contributed by atoms with E-state index in [1.165, 1.54) is 10.4 Å². The van der Waals surface area contributed by atoms with Crippen molar-refractivity contribution in [2.75, 3.05) is 18.8 Å². The number of sulfonamides is 1. The van der Waals surface area contributed by atoms with Gasteiger partial charge in [0.05, 0.1) is 4.90 Å². The summed E-state index contributed by atoms with van der Waals surface area (Å²) in [5, 5.41) is 0. The monoisotopic (exact) mass is 268 g/mol. The van der Waals surface area contributed by atoms with E-state index in [2.05, 4.69) is 6.58 Å². The Morgan fingerprint density at radius 1 is 1.39 bits per heavy atom. The Balaban J connectivity index is 3.40. The quantitative estimate of drug-likeness (QED) is 0.657. The fourth-order valence-electron chi connectivity index (χ4n) is 1.80. The summed E-state index contributed by atoms with van der Waals surface area (Å²) in [5.74, 6) is 0. The van der Waals surface area contributed by atoms with Crippen LogP contribution in [0.5, 0.6) is 0 Å². The highest BCUT2D eigenvalue weighted by atomic mass is 32.2. The summed E-state index contributed by atoms with van der Waals surface area (Å²) in [5.41, 5.74) is 7.82. The lowest BCUT2D eigenvalue weighted by molar-refractivity contribution is 0.459. The third-order valence-corrected chi connectivity index (χ3v) is 5.01. The fourth-order valence-corrected chi connectivity index (χ4v) is 3.55. The molecule has 0 aliphatic carbocycles. The van der Waals surface area contributed by atoms with Crippen molar-refractivity contribution in [2.24, 2.45) is 0 Å². The number of hydrogen-bond acceptors (Lipinski definition) is 3. The van der Waals surface area contributed by atoms with Gasteiger partial charge in [-0.05, 0) is 37.1 Å². The molecular formula is C13H20N2O2S. The van der Waals surface area contributed by atoms with Crippen LogP contribution in [-0.2, 0) is 10.0 Å². The molecule has 0 aliphatic heterocycles. The van der Waals surface area contributed by atoms with Gasteiger partial charge in [-0.1, -0.05) is 13.0 Å². The van der Waals surface area contributed by atoms with Crippen LogP contribution in [0.2, 0.25) is 0 Å². The van der Waals surface area contributed by atoms with Crippen LogP contribution in [-0.4, -0.2) is 25.8 Å². The number of hydrogen-bond donors (Lipinski definition) is 1. The fraction of sp³-hybridized carbons (Fsp3) is 0.385. The molecule has 1 aromatic rings. The smallest absolute Gasteiger partial charge is 0.243 e. The Hall–Kier alpha value is -1.33. The van der Waals surface area contributed by atoms with Crippen LogP contribution >= 0.6 is 0 Å². The number of rotatable bonds is 5. The van der Waals surface area contributed by atoms with E-state index < -0.39 is 10.0 Å². The van der Waals surface area contributed by atoms with Crippen LogP contribution in [0.25, 0.3) is 0 Å². The maximum Gasteiger partial charge on any atom is 0.243 e. The van der Waals surface area contributed by atoms with Crippen molar-refractivity contribution in [1.29, 1.82) is 0 Å². The third-order valence-electron chi connectivity index (χ3n) is 2.95. The molecule has 0 fully saturated rings. The van der Waals surface area contributed by atoms with E-state index in [1.54, 1.807) is 26.0 Å². The number of nitrogens with two attached hydrogens (primary N) is 1. The van der Waals surface area contributed by atoms with E-state index >= 15 is 0 Å². The molecule has 0 unspecified atom stereocenters. The SMILES string of the molecule is C=CCN(CC)S(=O)(=O)c1cc(N)cc(C)c1C. The standard InChI is InChI=1S/C13H20N2O2S/c1-5-7-15(6-2)18(16,17)13-9-12(14)8-10(3)11(13)4/h5,8-9H,1,6-7,14H2,2-4H3. The van der Waals surface area contributed by atoms with E-state index in [0.717, 1.165) is 11.1 Å². The highest BCUT2D eigenvalue weighted by Crippen LogP contribution is 2.25. The zero-order valence-corrected chi connectivity index (χ0v) is 11.9. The van der Waals surface area contributed by atoms with Gasteiger partial charge >= 0.3 is 0 Å². The predicted octanol–water partition coefficient (Wildman–Crippen LogP) is 2.08. The largest absolute Gasteiger partial charge is 0.399 e. The third kappa shape index (κ3) is 2.73. The molecule has 0 atom stereocenters. The Morgan fingerprint density at radius 2 is 2.00 bits per heavy atom. The molecular weight excluding hydrogens is 248 g/mol. The van der Waals surface area contributed by atoms with E-state index in [-0.39, 0.29) is 4.90 Å². The summed E-state index contributed by atoms with van der Waals surface area (Å²) < 4.78 is 26.4. The van der Waals surface area contributed by atoms with Gasteiger partial charge in [0.15, 0.2) is 0 Å². The molecule has 2 N–H and O–H groups in total. The van der Waals surface area contributed by atoms with Crippen molar-refractivity contribution in [2.45, 2.75) is 25.7 Å². The predicted molar refractivity (Wildman–Crippen MR) is 75.0 cm³/mol. The van der Waals surface area contributed by atoms with Gasteiger partial charge in [0.2, 0.25) is 10.0 Å². The van der Waals surface area contributed by atoms with Crippen LogP contribution in [0.3, 0.4) is 0 Å². The molecule has 100 valence electrons. The number of anilines is 1. The van der Waals surface area contributed by atoms with Crippen molar-refractivity contribution in [3.8, 4) is 0 Å². The summed E-state index contributed by atoms with van der Waals surface area (Å²) in [7, 11) is -3.51. The van der Waals surface area contributed by atoms with Gasteiger partial charge in [-0.15, -0.1) is 6.58 Å². The number of benzene rings is 1. The zero-order valence-electron chi connectivity index (χ0n) is 11.1. The van der Waals surface area contributed by atoms with Gasteiger partial charge in [0.25, 0.3) is 0 Å². The Morgan fingerprint density at radius 3 is 2.50 bits per heavy atom.